The molecule has 2 aliphatic heterocycles. The summed E-state index contributed by atoms with van der Waals surface area (Å²) in [6, 6.07) is 14.5. The van der Waals surface area contributed by atoms with Crippen molar-refractivity contribution in [2.75, 3.05) is 65.1 Å². The van der Waals surface area contributed by atoms with Gasteiger partial charge in [-0.25, -0.2) is 0 Å². The van der Waals surface area contributed by atoms with Crippen molar-refractivity contribution in [2.24, 2.45) is 0 Å². The van der Waals surface area contributed by atoms with Gasteiger partial charge in [0.1, 0.15) is 18.1 Å². The first-order valence-electron chi connectivity index (χ1n) is 13.7. The van der Waals surface area contributed by atoms with Gasteiger partial charge in [-0.05, 0) is 62.1 Å². The highest BCUT2D eigenvalue weighted by atomic mass is 16.5. The molecule has 2 aliphatic rings. The molecule has 210 valence electrons. The van der Waals surface area contributed by atoms with Crippen LogP contribution in [-0.2, 0) is 20.8 Å². The first-order chi connectivity index (χ1) is 18.4. The minimum Gasteiger partial charge on any atom is -0.497 e. The maximum atomic E-state index is 10.2. The van der Waals surface area contributed by atoms with Gasteiger partial charge >= 0.3 is 0 Å². The van der Waals surface area contributed by atoms with Crippen LogP contribution in [0.1, 0.15) is 43.7 Å². The van der Waals surface area contributed by atoms with E-state index in [2.05, 4.69) is 40.5 Å². The number of piperidine rings is 1. The number of aliphatic hydroxyl groups is 1. The highest BCUT2D eigenvalue weighted by Gasteiger charge is 2.36. The molecule has 1 saturated heterocycles. The van der Waals surface area contributed by atoms with Crippen LogP contribution < -0.4 is 19.7 Å². The zero-order valence-corrected chi connectivity index (χ0v) is 23.3. The van der Waals surface area contributed by atoms with Crippen molar-refractivity contribution in [1.82, 2.24) is 5.32 Å². The third-order valence-corrected chi connectivity index (χ3v) is 7.26. The predicted octanol–water partition coefficient (Wildman–Crippen LogP) is 3.75. The largest absolute Gasteiger partial charge is 0.497 e. The van der Waals surface area contributed by atoms with Crippen LogP contribution in [0.4, 0.5) is 5.69 Å². The molecule has 4 rings (SSSR count). The fourth-order valence-corrected chi connectivity index (χ4v) is 5.15. The fraction of sp³-hybridized carbons (Fsp3) is 0.600. The third kappa shape index (κ3) is 7.83. The standard InChI is InChI=1S/C30H44N2O6/c1-30(2,33)12-16-36-27-19-31-20-28(29(27)23-7-9-24(35-4)10-8-23)38-21-22-6-11-26-25(18-22)32(14-17-37-26)13-5-15-34-3/h6-11,18,27-29,31,33H,5,12-17,19-21H2,1-4H3/t27-,28+,29+/m1/s1. The van der Waals surface area contributed by atoms with E-state index in [1.165, 1.54) is 0 Å². The molecule has 2 aromatic carbocycles. The molecule has 0 saturated carbocycles. The maximum absolute atomic E-state index is 10.2. The quantitative estimate of drug-likeness (QED) is 0.381. The SMILES string of the molecule is COCCCN1CCOc2ccc(CO[C@H]3CNC[C@@H](OCCC(C)(C)O)[C@@H]3c3ccc(OC)cc3)cc21. The molecule has 2 heterocycles. The maximum Gasteiger partial charge on any atom is 0.142 e. The molecule has 2 N–H and O–H groups in total. The van der Waals surface area contributed by atoms with Gasteiger partial charge in [0.05, 0.1) is 43.8 Å². The Bertz CT molecular complexity index is 993. The minimum absolute atomic E-state index is 0.0514. The lowest BCUT2D eigenvalue weighted by molar-refractivity contribution is -0.0698. The van der Waals surface area contributed by atoms with Crippen LogP contribution in [0.3, 0.4) is 0 Å². The molecule has 0 radical (unpaired) electrons. The predicted molar refractivity (Wildman–Crippen MR) is 148 cm³/mol. The van der Waals surface area contributed by atoms with E-state index in [0.29, 0.717) is 26.2 Å². The highest BCUT2D eigenvalue weighted by molar-refractivity contribution is 5.61. The molecule has 0 aromatic heterocycles. The Morgan fingerprint density at radius 3 is 2.50 bits per heavy atom. The van der Waals surface area contributed by atoms with E-state index in [9.17, 15) is 5.11 Å². The van der Waals surface area contributed by atoms with E-state index in [1.807, 2.05) is 26.0 Å². The van der Waals surface area contributed by atoms with Crippen molar-refractivity contribution in [3.8, 4) is 11.5 Å². The number of methoxy groups -OCH3 is 2. The van der Waals surface area contributed by atoms with Crippen LogP contribution in [0.15, 0.2) is 42.5 Å². The number of anilines is 1. The van der Waals surface area contributed by atoms with E-state index in [0.717, 1.165) is 67.5 Å². The number of hydrogen-bond donors (Lipinski definition) is 2. The highest BCUT2D eigenvalue weighted by Crippen LogP contribution is 2.35. The van der Waals surface area contributed by atoms with Gasteiger partial charge < -0.3 is 39.0 Å². The Morgan fingerprint density at radius 1 is 1.03 bits per heavy atom. The summed E-state index contributed by atoms with van der Waals surface area (Å²) in [5.41, 5.74) is 2.63. The Kier molecular flexibility index (Phi) is 10.3. The van der Waals surface area contributed by atoms with E-state index < -0.39 is 5.60 Å². The van der Waals surface area contributed by atoms with Crippen LogP contribution in [-0.4, -0.2) is 83.1 Å². The van der Waals surface area contributed by atoms with Crippen molar-refractivity contribution in [3.05, 3.63) is 53.6 Å². The molecule has 0 spiro atoms. The molecule has 8 heteroatoms. The van der Waals surface area contributed by atoms with Gasteiger partial charge in [0.15, 0.2) is 0 Å². The number of nitrogens with one attached hydrogen (secondary N) is 1. The lowest BCUT2D eigenvalue weighted by atomic mass is 9.85. The summed E-state index contributed by atoms with van der Waals surface area (Å²) in [5.74, 6) is 1.80. The average Bonchev–Trinajstić information content (AvgIpc) is 2.91. The van der Waals surface area contributed by atoms with Gasteiger partial charge in [0.2, 0.25) is 0 Å². The fourth-order valence-electron chi connectivity index (χ4n) is 5.15. The summed E-state index contributed by atoms with van der Waals surface area (Å²) in [6.45, 7) is 9.32. The average molecular weight is 529 g/mol. The topological polar surface area (TPSA) is 81.7 Å². The number of ether oxygens (including phenoxy) is 5. The second-order valence-corrected chi connectivity index (χ2v) is 10.8. The number of nitrogens with zero attached hydrogens (tertiary/aromatic N) is 1. The van der Waals surface area contributed by atoms with Crippen molar-refractivity contribution < 1.29 is 28.8 Å². The smallest absolute Gasteiger partial charge is 0.142 e. The van der Waals surface area contributed by atoms with Crippen LogP contribution in [0.5, 0.6) is 11.5 Å². The monoisotopic (exact) mass is 528 g/mol. The Hall–Kier alpha value is -2.36. The van der Waals surface area contributed by atoms with E-state index in [1.54, 1.807) is 14.2 Å². The van der Waals surface area contributed by atoms with Crippen molar-refractivity contribution >= 4 is 5.69 Å². The zero-order chi connectivity index (χ0) is 27.0. The first-order valence-corrected chi connectivity index (χ1v) is 13.7. The molecule has 38 heavy (non-hydrogen) atoms. The number of rotatable bonds is 13. The Balaban J connectivity index is 1.47. The minimum atomic E-state index is -0.763. The van der Waals surface area contributed by atoms with Crippen molar-refractivity contribution in [1.29, 1.82) is 0 Å². The summed E-state index contributed by atoms with van der Waals surface area (Å²) in [7, 11) is 3.42. The van der Waals surface area contributed by atoms with Gasteiger partial charge in [0.25, 0.3) is 0 Å². The van der Waals surface area contributed by atoms with Gasteiger partial charge in [-0.1, -0.05) is 18.2 Å². The molecule has 0 aliphatic carbocycles. The van der Waals surface area contributed by atoms with Gasteiger partial charge in [-0.2, -0.15) is 0 Å². The lowest BCUT2D eigenvalue weighted by Crippen LogP contribution is -2.51. The van der Waals surface area contributed by atoms with Gasteiger partial charge in [0, 0.05) is 45.9 Å². The molecule has 8 nitrogen and oxygen atoms in total. The van der Waals surface area contributed by atoms with E-state index in [4.69, 9.17) is 23.7 Å². The molecule has 0 amide bonds. The molecule has 0 bridgehead atoms. The molecular weight excluding hydrogens is 484 g/mol. The second kappa shape index (κ2) is 13.6. The van der Waals surface area contributed by atoms with Crippen molar-refractivity contribution in [3.63, 3.8) is 0 Å². The lowest BCUT2D eigenvalue weighted by Gasteiger charge is -2.39. The molecule has 0 unspecified atom stereocenters. The number of fused-ring (bicyclic) bond motifs is 1. The first kappa shape index (κ1) is 28.6. The summed E-state index contributed by atoms with van der Waals surface area (Å²) < 4.78 is 29.5. The molecule has 2 aromatic rings. The molecule has 3 atom stereocenters. The Morgan fingerprint density at radius 2 is 1.79 bits per heavy atom. The van der Waals surface area contributed by atoms with Gasteiger partial charge in [-0.3, -0.25) is 0 Å². The normalized spacial score (nSPS) is 21.6. The van der Waals surface area contributed by atoms with Crippen LogP contribution in [0.25, 0.3) is 0 Å². The molecular formula is C30H44N2O6. The summed E-state index contributed by atoms with van der Waals surface area (Å²) in [5, 5.41) is 13.7. The summed E-state index contributed by atoms with van der Waals surface area (Å²) in [4.78, 5) is 2.37. The van der Waals surface area contributed by atoms with Crippen molar-refractivity contribution in [2.45, 2.75) is 57.0 Å². The van der Waals surface area contributed by atoms with Gasteiger partial charge in [-0.15, -0.1) is 0 Å². The van der Waals surface area contributed by atoms with E-state index in [-0.39, 0.29) is 18.1 Å². The van der Waals surface area contributed by atoms with E-state index >= 15 is 0 Å². The summed E-state index contributed by atoms with van der Waals surface area (Å²) >= 11 is 0. The van der Waals surface area contributed by atoms with Crippen LogP contribution in [0.2, 0.25) is 0 Å². The second-order valence-electron chi connectivity index (χ2n) is 10.8. The zero-order valence-electron chi connectivity index (χ0n) is 23.3. The molecule has 1 fully saturated rings. The Labute approximate surface area is 227 Å². The number of hydrogen-bond acceptors (Lipinski definition) is 8. The summed E-state index contributed by atoms with van der Waals surface area (Å²) in [6.07, 6.45) is 1.40. The van der Waals surface area contributed by atoms with Crippen LogP contribution >= 0.6 is 0 Å². The van der Waals surface area contributed by atoms with Crippen LogP contribution in [0, 0.1) is 0 Å². The third-order valence-electron chi connectivity index (χ3n) is 7.26. The number of benzene rings is 2.